The summed E-state index contributed by atoms with van der Waals surface area (Å²) in [6, 6.07) is 8.44. The molecule has 1 saturated carbocycles. The molecular formula is C19H19F2N3O2S. The zero-order valence-electron chi connectivity index (χ0n) is 14.4. The molecule has 8 heteroatoms. The number of nitrogens with zero attached hydrogens (tertiary/aromatic N) is 2. The van der Waals surface area contributed by atoms with Gasteiger partial charge >= 0.3 is 0 Å². The number of hydrogen-bond donors (Lipinski definition) is 2. The average Bonchev–Trinajstić information content (AvgIpc) is 3.45. The van der Waals surface area contributed by atoms with Crippen molar-refractivity contribution in [2.75, 3.05) is 4.90 Å². The molecule has 5 nitrogen and oxygen atoms in total. The molecule has 0 aromatic heterocycles. The summed E-state index contributed by atoms with van der Waals surface area (Å²) < 4.78 is 51.5. The summed E-state index contributed by atoms with van der Waals surface area (Å²) >= 11 is 0. The smallest absolute Gasteiger partial charge is 0.149 e. The number of aliphatic imine (C=N–C) groups is 1. The third kappa shape index (κ3) is 3.46. The summed E-state index contributed by atoms with van der Waals surface area (Å²) in [4.78, 5) is 6.06. The number of para-hydroxylation sites is 1. The predicted molar refractivity (Wildman–Crippen MR) is 101 cm³/mol. The van der Waals surface area contributed by atoms with Gasteiger partial charge in [0.1, 0.15) is 33.9 Å². The lowest BCUT2D eigenvalue weighted by molar-refractivity contribution is 0.578. The number of rotatable bonds is 5. The van der Waals surface area contributed by atoms with Gasteiger partial charge in [0.15, 0.2) is 0 Å². The van der Waals surface area contributed by atoms with E-state index in [0.29, 0.717) is 22.6 Å². The van der Waals surface area contributed by atoms with Gasteiger partial charge in [0.2, 0.25) is 0 Å². The Morgan fingerprint density at radius 1 is 1.15 bits per heavy atom. The van der Waals surface area contributed by atoms with Crippen LogP contribution in [0.4, 0.5) is 20.2 Å². The summed E-state index contributed by atoms with van der Waals surface area (Å²) in [6.45, 7) is 0.117. The first-order valence-electron chi connectivity index (χ1n) is 8.74. The molecule has 2 aliphatic rings. The molecule has 1 aliphatic heterocycles. The number of fused-ring (bicyclic) bond motifs is 1. The van der Waals surface area contributed by atoms with Crippen LogP contribution in [0.15, 0.2) is 41.4 Å². The second kappa shape index (κ2) is 7.01. The van der Waals surface area contributed by atoms with Crippen molar-refractivity contribution in [2.45, 2.75) is 31.2 Å². The molecular weight excluding hydrogens is 372 g/mol. The average molecular weight is 391 g/mol. The molecule has 0 spiro atoms. The highest BCUT2D eigenvalue weighted by Crippen LogP contribution is 2.39. The Bertz CT molecular complexity index is 974. The lowest BCUT2D eigenvalue weighted by Gasteiger charge is -2.34. The third-order valence-electron chi connectivity index (χ3n) is 5.01. The minimum atomic E-state index is -2.64. The summed E-state index contributed by atoms with van der Waals surface area (Å²) in [6.07, 6.45) is 1.91. The molecule has 2 N–H and O–H groups in total. The first-order valence-corrected chi connectivity index (χ1v) is 10.1. The van der Waals surface area contributed by atoms with E-state index in [1.165, 1.54) is 23.1 Å². The first-order chi connectivity index (χ1) is 13.0. The monoisotopic (exact) mass is 391 g/mol. The van der Waals surface area contributed by atoms with Crippen molar-refractivity contribution in [3.05, 3.63) is 59.2 Å². The van der Waals surface area contributed by atoms with Crippen molar-refractivity contribution in [3.8, 4) is 0 Å². The largest absolute Gasteiger partial charge is 0.321 e. The molecule has 0 radical (unpaired) electrons. The Balaban J connectivity index is 1.86. The van der Waals surface area contributed by atoms with Gasteiger partial charge in [0, 0.05) is 5.56 Å². The van der Waals surface area contributed by atoms with Gasteiger partial charge in [0.25, 0.3) is 0 Å². The molecule has 0 unspecified atom stereocenters. The molecule has 2 aromatic carbocycles. The van der Waals surface area contributed by atoms with E-state index in [-0.39, 0.29) is 23.9 Å². The van der Waals surface area contributed by atoms with Gasteiger partial charge in [-0.1, -0.05) is 18.2 Å². The number of nitrogens with two attached hydrogens (primary N) is 1. The Hall–Kier alpha value is -2.32. The maximum atomic E-state index is 14.5. The van der Waals surface area contributed by atoms with E-state index in [1.54, 1.807) is 18.2 Å². The Kier molecular flexibility index (Phi) is 4.69. The van der Waals surface area contributed by atoms with Crippen molar-refractivity contribution < 1.29 is 17.2 Å². The molecule has 1 fully saturated rings. The van der Waals surface area contributed by atoms with Crippen LogP contribution in [0.3, 0.4) is 0 Å². The SMILES string of the molecule is N[C@H](C1=Nc2cccc(C[SH](=O)=O)c2CN1c1c(F)cccc1F)C1CC1. The number of benzene rings is 2. The van der Waals surface area contributed by atoms with Crippen LogP contribution >= 0.6 is 0 Å². The minimum Gasteiger partial charge on any atom is -0.321 e. The molecule has 1 heterocycles. The van der Waals surface area contributed by atoms with Crippen LogP contribution in [0, 0.1) is 17.6 Å². The number of anilines is 1. The van der Waals surface area contributed by atoms with Crippen molar-refractivity contribution in [3.63, 3.8) is 0 Å². The van der Waals surface area contributed by atoms with Crippen molar-refractivity contribution in [2.24, 2.45) is 16.6 Å². The summed E-state index contributed by atoms with van der Waals surface area (Å²) in [5.41, 5.74) is 7.96. The summed E-state index contributed by atoms with van der Waals surface area (Å²) in [5, 5.41) is 0. The Morgan fingerprint density at radius 3 is 2.44 bits per heavy atom. The fourth-order valence-corrected chi connectivity index (χ4v) is 4.05. The quantitative estimate of drug-likeness (QED) is 0.769. The van der Waals surface area contributed by atoms with Crippen LogP contribution in [0.5, 0.6) is 0 Å². The van der Waals surface area contributed by atoms with Gasteiger partial charge in [-0.15, -0.1) is 0 Å². The van der Waals surface area contributed by atoms with Crippen LogP contribution < -0.4 is 10.6 Å². The zero-order valence-corrected chi connectivity index (χ0v) is 15.3. The zero-order chi connectivity index (χ0) is 19.1. The first kappa shape index (κ1) is 18.1. The third-order valence-corrected chi connectivity index (χ3v) is 5.61. The van der Waals surface area contributed by atoms with E-state index in [1.807, 2.05) is 0 Å². The van der Waals surface area contributed by atoms with Crippen LogP contribution in [-0.4, -0.2) is 20.3 Å². The number of thiol groups is 1. The topological polar surface area (TPSA) is 75.8 Å². The standard InChI is InChI=1S/C19H19F2N3O2S/c20-14-4-2-5-15(21)18(14)24-9-13-12(10-27(25)26)3-1-6-16(13)23-19(24)17(22)11-7-8-11/h1-6,11,17,27H,7-10,22H2/t17-/m0/s1. The minimum absolute atomic E-state index is 0.117. The number of halogens is 2. The summed E-state index contributed by atoms with van der Waals surface area (Å²) in [5.74, 6) is -0.909. The fraction of sp³-hybridized carbons (Fsp3) is 0.316. The highest BCUT2D eigenvalue weighted by atomic mass is 32.2. The van der Waals surface area contributed by atoms with E-state index in [4.69, 9.17) is 5.73 Å². The molecule has 0 bridgehead atoms. The lowest BCUT2D eigenvalue weighted by Crippen LogP contribution is -2.47. The van der Waals surface area contributed by atoms with Gasteiger partial charge in [0.05, 0.1) is 24.0 Å². The van der Waals surface area contributed by atoms with E-state index in [0.717, 1.165) is 12.8 Å². The molecule has 0 amide bonds. The van der Waals surface area contributed by atoms with E-state index >= 15 is 0 Å². The van der Waals surface area contributed by atoms with Gasteiger partial charge in [-0.25, -0.2) is 22.2 Å². The van der Waals surface area contributed by atoms with E-state index in [9.17, 15) is 17.2 Å². The van der Waals surface area contributed by atoms with Gasteiger partial charge in [-0.05, 0) is 42.5 Å². The van der Waals surface area contributed by atoms with Crippen molar-refractivity contribution >= 4 is 27.9 Å². The molecule has 142 valence electrons. The predicted octanol–water partition coefficient (Wildman–Crippen LogP) is 2.86. The van der Waals surface area contributed by atoms with E-state index < -0.39 is 28.4 Å². The van der Waals surface area contributed by atoms with E-state index in [2.05, 4.69) is 4.99 Å². The van der Waals surface area contributed by atoms with Gasteiger partial charge < -0.3 is 10.6 Å². The Labute approximate surface area is 157 Å². The Morgan fingerprint density at radius 2 is 1.81 bits per heavy atom. The van der Waals surface area contributed by atoms with Crippen LogP contribution in [0.25, 0.3) is 0 Å². The maximum absolute atomic E-state index is 14.5. The van der Waals surface area contributed by atoms with Gasteiger partial charge in [-0.2, -0.15) is 0 Å². The molecule has 1 aliphatic carbocycles. The van der Waals surface area contributed by atoms with Crippen LogP contribution in [0.2, 0.25) is 0 Å². The second-order valence-electron chi connectivity index (χ2n) is 6.90. The molecule has 2 aromatic rings. The summed E-state index contributed by atoms with van der Waals surface area (Å²) in [7, 11) is -2.64. The molecule has 0 saturated heterocycles. The molecule has 1 atom stereocenters. The lowest BCUT2D eigenvalue weighted by atomic mass is 10.0. The van der Waals surface area contributed by atoms with Crippen LogP contribution in [-0.2, 0) is 23.0 Å². The highest BCUT2D eigenvalue weighted by Gasteiger charge is 2.38. The highest BCUT2D eigenvalue weighted by molar-refractivity contribution is 7.71. The normalized spacial score (nSPS) is 17.6. The fourth-order valence-electron chi connectivity index (χ4n) is 3.48. The van der Waals surface area contributed by atoms with Gasteiger partial charge in [-0.3, -0.25) is 0 Å². The molecule has 27 heavy (non-hydrogen) atoms. The second-order valence-corrected chi connectivity index (χ2v) is 7.88. The molecule has 4 rings (SSSR count). The number of amidine groups is 1. The van der Waals surface area contributed by atoms with Crippen molar-refractivity contribution in [1.82, 2.24) is 0 Å². The van der Waals surface area contributed by atoms with Crippen molar-refractivity contribution in [1.29, 1.82) is 0 Å². The number of hydrogen-bond acceptors (Lipinski definition) is 5. The van der Waals surface area contributed by atoms with Crippen LogP contribution in [0.1, 0.15) is 24.0 Å². The maximum Gasteiger partial charge on any atom is 0.149 e.